The largest absolute Gasteiger partial charge is 0.430 e. The van der Waals surface area contributed by atoms with E-state index in [9.17, 15) is 27.9 Å². The number of alkyl halides is 3. The molecule has 4 aliphatic heterocycles. The molecule has 0 radical (unpaired) electrons. The Bertz CT molecular complexity index is 1310. The Balaban J connectivity index is 0.996. The first-order valence-corrected chi connectivity index (χ1v) is 15.9. The molecule has 10 heteroatoms. The maximum Gasteiger partial charge on any atom is 0.430 e. The molecule has 43 heavy (non-hydrogen) atoms. The summed E-state index contributed by atoms with van der Waals surface area (Å²) in [7, 11) is 0. The van der Waals surface area contributed by atoms with Gasteiger partial charge in [0.25, 0.3) is 17.4 Å². The summed E-state index contributed by atoms with van der Waals surface area (Å²) in [6.45, 7) is 2.15. The second-order valence-electron chi connectivity index (χ2n) is 12.8. The maximum atomic E-state index is 14.0. The number of benzene rings is 2. The average Bonchev–Trinajstić information content (AvgIpc) is 3.61. The highest BCUT2D eigenvalue weighted by Gasteiger charge is 2.62. The van der Waals surface area contributed by atoms with Crippen LogP contribution in [-0.4, -0.2) is 71.2 Å². The summed E-state index contributed by atoms with van der Waals surface area (Å²) in [6, 6.07) is 13.1. The average molecular weight is 618 g/mol. The Labute approximate surface area is 255 Å². The van der Waals surface area contributed by atoms with E-state index < -0.39 is 23.2 Å². The van der Waals surface area contributed by atoms with Gasteiger partial charge in [-0.2, -0.15) is 13.2 Å². The first-order chi connectivity index (χ1) is 20.6. The smallest absolute Gasteiger partial charge is 0.371 e. The van der Waals surface area contributed by atoms with Crippen LogP contribution in [0.2, 0.25) is 5.02 Å². The van der Waals surface area contributed by atoms with E-state index in [0.29, 0.717) is 47.3 Å². The van der Waals surface area contributed by atoms with Crippen LogP contribution in [0.4, 0.5) is 18.9 Å². The fourth-order valence-corrected chi connectivity index (χ4v) is 8.10. The van der Waals surface area contributed by atoms with Crippen molar-refractivity contribution < 1.29 is 27.9 Å². The number of nitrogens with zero attached hydrogens (tertiary/aromatic N) is 3. The van der Waals surface area contributed by atoms with Gasteiger partial charge in [-0.25, -0.2) is 0 Å². The third kappa shape index (κ3) is 5.75. The molecule has 0 aromatic heterocycles. The van der Waals surface area contributed by atoms with Crippen LogP contribution in [0.3, 0.4) is 0 Å². The van der Waals surface area contributed by atoms with Crippen molar-refractivity contribution in [2.75, 3.05) is 31.1 Å². The molecule has 2 aromatic carbocycles. The van der Waals surface area contributed by atoms with Gasteiger partial charge in [-0.1, -0.05) is 41.9 Å². The standard InChI is InChI=1S/C33H39ClF3N3O3/c34-29-21-27(10-11-28(29)30(41)40-25-6-7-26(40)9-8-25)38-16-12-22(13-17-38)20-23-14-18-39(19-15-23)31(42)32(43,33(35,36)37)24-4-2-1-3-5-24/h1-5,10-11,21-23,25-26,43H,6-9,12-20H2/t25-,26+,32?. The molecule has 6 rings (SSSR count). The van der Waals surface area contributed by atoms with E-state index in [2.05, 4.69) is 4.90 Å². The van der Waals surface area contributed by atoms with Gasteiger partial charge < -0.3 is 19.8 Å². The molecule has 4 aliphatic rings. The van der Waals surface area contributed by atoms with Crippen molar-refractivity contribution in [1.82, 2.24) is 9.80 Å². The van der Waals surface area contributed by atoms with Gasteiger partial charge in [0.1, 0.15) is 0 Å². The summed E-state index contributed by atoms with van der Waals surface area (Å²) >= 11 is 6.64. The van der Waals surface area contributed by atoms with Crippen molar-refractivity contribution in [2.45, 2.75) is 81.6 Å². The van der Waals surface area contributed by atoms with Crippen LogP contribution in [0.15, 0.2) is 48.5 Å². The minimum absolute atomic E-state index is 0.0520. The normalized spacial score (nSPS) is 24.8. The quantitative estimate of drug-likeness (QED) is 0.407. The highest BCUT2D eigenvalue weighted by Crippen LogP contribution is 2.42. The van der Waals surface area contributed by atoms with Crippen LogP contribution < -0.4 is 4.90 Å². The Kier molecular flexibility index (Phi) is 8.41. The second-order valence-corrected chi connectivity index (χ2v) is 13.2. The SMILES string of the molecule is O=C(c1ccc(N2CCC(CC3CCN(C(=O)C(O)(c4ccccc4)C(F)(F)F)CC3)CC2)cc1Cl)N1[C@H]2CC[C@@H]1CC2. The Morgan fingerprint density at radius 3 is 1.91 bits per heavy atom. The minimum atomic E-state index is -5.12. The van der Waals surface area contributed by atoms with Crippen molar-refractivity contribution in [1.29, 1.82) is 0 Å². The number of piperidine rings is 2. The van der Waals surface area contributed by atoms with Gasteiger partial charge in [-0.05, 0) is 87.8 Å². The number of carbonyl (C=O) groups excluding carboxylic acids is 2. The van der Waals surface area contributed by atoms with Crippen molar-refractivity contribution in [2.24, 2.45) is 11.8 Å². The van der Waals surface area contributed by atoms with Gasteiger partial charge >= 0.3 is 6.18 Å². The zero-order chi connectivity index (χ0) is 30.4. The van der Waals surface area contributed by atoms with E-state index in [1.165, 1.54) is 17.0 Å². The van der Waals surface area contributed by atoms with E-state index in [1.54, 1.807) is 6.07 Å². The van der Waals surface area contributed by atoms with E-state index in [0.717, 1.165) is 75.9 Å². The van der Waals surface area contributed by atoms with E-state index in [4.69, 9.17) is 11.6 Å². The summed E-state index contributed by atoms with van der Waals surface area (Å²) in [5.74, 6) is -0.410. The highest BCUT2D eigenvalue weighted by molar-refractivity contribution is 6.34. The number of halogens is 4. The molecule has 6 nitrogen and oxygen atoms in total. The van der Waals surface area contributed by atoms with Crippen LogP contribution in [0.5, 0.6) is 0 Å². The molecular weight excluding hydrogens is 579 g/mol. The van der Waals surface area contributed by atoms with Crippen LogP contribution in [0, 0.1) is 11.8 Å². The first-order valence-electron chi connectivity index (χ1n) is 15.6. The lowest BCUT2D eigenvalue weighted by atomic mass is 9.82. The molecule has 1 atom stereocenters. The molecule has 0 spiro atoms. The van der Waals surface area contributed by atoms with Gasteiger partial charge in [-0.3, -0.25) is 9.59 Å². The summed E-state index contributed by atoms with van der Waals surface area (Å²) in [5.41, 5.74) is -2.40. The van der Waals surface area contributed by atoms with E-state index >= 15 is 0 Å². The molecule has 4 heterocycles. The summed E-state index contributed by atoms with van der Waals surface area (Å²) in [6.07, 6.45) is 3.46. The molecule has 4 fully saturated rings. The van der Waals surface area contributed by atoms with Crippen molar-refractivity contribution in [3.8, 4) is 0 Å². The molecule has 4 saturated heterocycles. The lowest BCUT2D eigenvalue weighted by Crippen LogP contribution is -2.57. The van der Waals surface area contributed by atoms with Gasteiger partial charge in [0.15, 0.2) is 0 Å². The van der Waals surface area contributed by atoms with Crippen molar-refractivity contribution in [3.05, 3.63) is 64.7 Å². The lowest BCUT2D eigenvalue weighted by Gasteiger charge is -2.40. The predicted octanol–water partition coefficient (Wildman–Crippen LogP) is 6.40. The Morgan fingerprint density at radius 2 is 1.37 bits per heavy atom. The number of hydrogen-bond donors (Lipinski definition) is 1. The predicted molar refractivity (Wildman–Crippen MR) is 159 cm³/mol. The fraction of sp³-hybridized carbons (Fsp3) is 0.576. The molecule has 232 valence electrons. The van der Waals surface area contributed by atoms with Crippen LogP contribution in [0.25, 0.3) is 0 Å². The van der Waals surface area contributed by atoms with Gasteiger partial charge in [-0.15, -0.1) is 0 Å². The zero-order valence-electron chi connectivity index (χ0n) is 24.2. The fourth-order valence-electron chi connectivity index (χ4n) is 7.84. The molecule has 1 unspecified atom stereocenters. The van der Waals surface area contributed by atoms with E-state index in [1.807, 2.05) is 23.1 Å². The molecule has 2 bridgehead atoms. The first kappa shape index (κ1) is 30.3. The van der Waals surface area contributed by atoms with Crippen LogP contribution >= 0.6 is 11.6 Å². The van der Waals surface area contributed by atoms with Gasteiger partial charge in [0, 0.05) is 49.5 Å². The maximum absolute atomic E-state index is 14.0. The van der Waals surface area contributed by atoms with Gasteiger partial charge in [0.2, 0.25) is 0 Å². The Morgan fingerprint density at radius 1 is 0.814 bits per heavy atom. The number of fused-ring (bicyclic) bond motifs is 2. The molecule has 0 aliphatic carbocycles. The van der Waals surface area contributed by atoms with Gasteiger partial charge in [0.05, 0.1) is 10.6 Å². The second kappa shape index (κ2) is 12.0. The minimum Gasteiger partial charge on any atom is -0.371 e. The number of carbonyl (C=O) groups is 2. The number of likely N-dealkylation sites (tertiary alicyclic amines) is 1. The number of rotatable bonds is 6. The lowest BCUT2D eigenvalue weighted by molar-refractivity contribution is -0.262. The third-order valence-corrected chi connectivity index (χ3v) is 10.6. The van der Waals surface area contributed by atoms with Crippen LogP contribution in [-0.2, 0) is 10.4 Å². The molecule has 2 amide bonds. The number of anilines is 1. The number of amides is 2. The molecular formula is C33H39ClF3N3O3. The zero-order valence-corrected chi connectivity index (χ0v) is 25.0. The third-order valence-electron chi connectivity index (χ3n) is 10.3. The van der Waals surface area contributed by atoms with Crippen LogP contribution in [0.1, 0.15) is 73.7 Å². The van der Waals surface area contributed by atoms with E-state index in [-0.39, 0.29) is 19.0 Å². The summed E-state index contributed by atoms with van der Waals surface area (Å²) in [5, 5.41) is 11.2. The monoisotopic (exact) mass is 617 g/mol. The molecule has 1 N–H and O–H groups in total. The molecule has 2 aromatic rings. The van der Waals surface area contributed by atoms with Crippen molar-refractivity contribution in [3.63, 3.8) is 0 Å². The highest BCUT2D eigenvalue weighted by atomic mass is 35.5. The Hall–Kier alpha value is -2.78. The molecule has 0 saturated carbocycles. The number of hydrogen-bond acceptors (Lipinski definition) is 4. The van der Waals surface area contributed by atoms with Crippen molar-refractivity contribution >= 4 is 29.1 Å². The summed E-state index contributed by atoms with van der Waals surface area (Å²) in [4.78, 5) is 31.8. The summed E-state index contributed by atoms with van der Waals surface area (Å²) < 4.78 is 41.9. The topological polar surface area (TPSA) is 64.1 Å². The number of aliphatic hydroxyl groups is 1.